The van der Waals surface area contributed by atoms with Crippen LogP contribution in [0.3, 0.4) is 0 Å². The van der Waals surface area contributed by atoms with Crippen LogP contribution in [0.1, 0.15) is 55.7 Å². The van der Waals surface area contributed by atoms with Crippen LogP contribution in [0.25, 0.3) is 11.3 Å². The number of carbonyl (C=O) groups is 1. The lowest BCUT2D eigenvalue weighted by atomic mass is 9.61. The Balaban J connectivity index is 1.24. The number of aromatic nitrogens is 4. The summed E-state index contributed by atoms with van der Waals surface area (Å²) < 4.78 is 43.2. The fourth-order valence-electron chi connectivity index (χ4n) is 5.83. The van der Waals surface area contributed by atoms with Gasteiger partial charge in [0.05, 0.1) is 53.1 Å². The molecule has 2 saturated carbocycles. The maximum atomic E-state index is 13.8. The summed E-state index contributed by atoms with van der Waals surface area (Å²) in [6.45, 7) is 4.47. The second-order valence-corrected chi connectivity index (χ2v) is 11.8. The Bertz CT molecular complexity index is 1530. The lowest BCUT2D eigenvalue weighted by Crippen LogP contribution is -2.50. The highest BCUT2D eigenvalue weighted by Crippen LogP contribution is 2.58. The summed E-state index contributed by atoms with van der Waals surface area (Å²) in [4.78, 5) is 23.1. The molecule has 0 spiro atoms. The van der Waals surface area contributed by atoms with Crippen LogP contribution in [0.15, 0.2) is 42.9 Å². The number of fused-ring (bicyclic) bond motifs is 1. The molecule has 2 bridgehead atoms. The zero-order valence-electron chi connectivity index (χ0n) is 22.0. The van der Waals surface area contributed by atoms with Gasteiger partial charge in [0.2, 0.25) is 0 Å². The third-order valence-electron chi connectivity index (χ3n) is 8.65. The molecule has 2 aliphatic carbocycles. The van der Waals surface area contributed by atoms with Gasteiger partial charge in [0.15, 0.2) is 5.69 Å². The van der Waals surface area contributed by atoms with E-state index in [1.54, 1.807) is 43.1 Å². The van der Waals surface area contributed by atoms with Crippen LogP contribution >= 0.6 is 0 Å². The van der Waals surface area contributed by atoms with Gasteiger partial charge in [-0.2, -0.15) is 23.5 Å². The number of amides is 1. The van der Waals surface area contributed by atoms with E-state index in [2.05, 4.69) is 26.5 Å². The van der Waals surface area contributed by atoms with Crippen molar-refractivity contribution in [3.8, 4) is 17.3 Å². The Morgan fingerprint density at radius 3 is 2.62 bits per heavy atom. The van der Waals surface area contributed by atoms with Crippen molar-refractivity contribution in [1.82, 2.24) is 19.7 Å². The first-order chi connectivity index (χ1) is 18.8. The minimum Gasteiger partial charge on any atom is -0.390 e. The van der Waals surface area contributed by atoms with E-state index in [0.717, 1.165) is 25.7 Å². The number of carbonyl (C=O) groups excluding carboxylic acids is 1. The average Bonchev–Trinajstić information content (AvgIpc) is 3.20. The molecule has 4 fully saturated rings. The van der Waals surface area contributed by atoms with E-state index in [1.165, 1.54) is 18.3 Å². The number of halogens is 3. The van der Waals surface area contributed by atoms with Crippen LogP contribution in [-0.2, 0) is 12.7 Å². The van der Waals surface area contributed by atoms with Crippen LogP contribution in [-0.4, -0.2) is 48.9 Å². The Labute approximate surface area is 228 Å². The molecule has 3 aromatic heterocycles. The predicted octanol–water partition coefficient (Wildman–Crippen LogP) is 4.65. The van der Waals surface area contributed by atoms with E-state index < -0.39 is 29.1 Å². The first kappa shape index (κ1) is 26.3. The van der Waals surface area contributed by atoms with E-state index in [1.807, 2.05) is 4.90 Å². The summed E-state index contributed by atoms with van der Waals surface area (Å²) in [7, 11) is 0. The van der Waals surface area contributed by atoms with Crippen molar-refractivity contribution in [2.45, 2.75) is 63.9 Å². The monoisotopic (exact) mass is 551 g/mol. The average molecular weight is 552 g/mol. The van der Waals surface area contributed by atoms with E-state index in [-0.39, 0.29) is 22.6 Å². The number of rotatable bonds is 7. The molecule has 5 heterocycles. The Morgan fingerprint density at radius 2 is 2.00 bits per heavy atom. The molecule has 4 aliphatic rings. The molecule has 0 aromatic carbocycles. The van der Waals surface area contributed by atoms with E-state index in [9.17, 15) is 28.3 Å². The minimum atomic E-state index is -4.78. The third kappa shape index (κ3) is 4.48. The number of alkyl halides is 3. The number of nitrogens with zero attached hydrogens (tertiary/aromatic N) is 6. The van der Waals surface area contributed by atoms with Crippen molar-refractivity contribution in [2.75, 3.05) is 16.8 Å². The summed E-state index contributed by atoms with van der Waals surface area (Å²) in [5, 5.41) is 26.6. The summed E-state index contributed by atoms with van der Waals surface area (Å²) in [5.41, 5.74) is -1.84. The fraction of sp³-hybridized carbons (Fsp3) is 0.464. The number of hydrogen-bond donors (Lipinski definition) is 2. The van der Waals surface area contributed by atoms with Gasteiger partial charge in [-0.15, -0.1) is 0 Å². The highest BCUT2D eigenvalue weighted by Gasteiger charge is 2.61. The van der Waals surface area contributed by atoms with Crippen molar-refractivity contribution < 1.29 is 23.1 Å². The van der Waals surface area contributed by atoms with Crippen molar-refractivity contribution in [2.24, 2.45) is 10.8 Å². The van der Waals surface area contributed by atoms with Crippen LogP contribution in [0.2, 0.25) is 0 Å². The van der Waals surface area contributed by atoms with Gasteiger partial charge in [0, 0.05) is 29.8 Å². The molecular weight excluding hydrogens is 523 g/mol. The third-order valence-corrected chi connectivity index (χ3v) is 8.65. The summed E-state index contributed by atoms with van der Waals surface area (Å²) in [6, 6.07) is 8.40. The lowest BCUT2D eigenvalue weighted by molar-refractivity contribution is -0.140. The molecule has 40 heavy (non-hydrogen) atoms. The zero-order chi connectivity index (χ0) is 28.5. The molecule has 9 nitrogen and oxygen atoms in total. The Hall–Kier alpha value is -3.98. The van der Waals surface area contributed by atoms with Crippen LogP contribution in [0.4, 0.5) is 24.5 Å². The quantitative estimate of drug-likeness (QED) is 0.439. The molecule has 1 amide bonds. The van der Waals surface area contributed by atoms with Gasteiger partial charge in [-0.3, -0.25) is 9.48 Å². The van der Waals surface area contributed by atoms with Crippen molar-refractivity contribution in [1.29, 1.82) is 5.26 Å². The largest absolute Gasteiger partial charge is 0.435 e. The second-order valence-electron chi connectivity index (χ2n) is 11.8. The normalized spacial score (nSPS) is 22.9. The summed E-state index contributed by atoms with van der Waals surface area (Å²) in [6.07, 6.45) is 2.82. The molecule has 0 atom stereocenters. The second kappa shape index (κ2) is 8.76. The highest BCUT2D eigenvalue weighted by atomic mass is 19.4. The van der Waals surface area contributed by atoms with Crippen molar-refractivity contribution in [3.63, 3.8) is 0 Å². The molecule has 2 aliphatic heterocycles. The first-order valence-electron chi connectivity index (χ1n) is 13.1. The molecule has 0 radical (unpaired) electrons. The Morgan fingerprint density at radius 1 is 1.25 bits per heavy atom. The Kier molecular flexibility index (Phi) is 5.75. The van der Waals surface area contributed by atoms with E-state index >= 15 is 0 Å². The molecule has 208 valence electrons. The van der Waals surface area contributed by atoms with E-state index in [4.69, 9.17) is 0 Å². The van der Waals surface area contributed by atoms with Crippen LogP contribution in [0.5, 0.6) is 0 Å². The molecule has 12 heteroatoms. The number of hydrogen-bond acceptors (Lipinski definition) is 7. The molecular formula is C28H28F3N7O2. The van der Waals surface area contributed by atoms with Gasteiger partial charge in [-0.05, 0) is 57.7 Å². The van der Waals surface area contributed by atoms with Crippen LogP contribution < -0.4 is 10.2 Å². The topological polar surface area (TPSA) is 120 Å². The molecule has 2 saturated heterocycles. The molecule has 7 rings (SSSR count). The fourth-order valence-corrected chi connectivity index (χ4v) is 5.83. The molecule has 0 unspecified atom stereocenters. The molecule has 2 N–H and O–H groups in total. The highest BCUT2D eigenvalue weighted by molar-refractivity contribution is 6.03. The number of nitriles is 1. The van der Waals surface area contributed by atoms with Crippen LogP contribution in [0, 0.1) is 22.2 Å². The maximum Gasteiger partial charge on any atom is 0.435 e. The summed E-state index contributed by atoms with van der Waals surface area (Å²) in [5.74, 6) is -0.807. The lowest BCUT2D eigenvalue weighted by Gasteiger charge is -2.45. The van der Waals surface area contributed by atoms with Crippen molar-refractivity contribution >= 4 is 17.3 Å². The van der Waals surface area contributed by atoms with Gasteiger partial charge < -0.3 is 15.3 Å². The zero-order valence-corrected chi connectivity index (χ0v) is 22.0. The number of nitrogens with one attached hydrogen (secondary N) is 1. The van der Waals surface area contributed by atoms with Gasteiger partial charge in [0.1, 0.15) is 5.69 Å². The standard InChI is InChI=1S/C28H28F3N7O2/c1-25(2,40)27-9-19(10-27)38(16-27)18-8-22(23(33-12-18)28(29,30)31)36-24(39)21-5-3-4-20(35-21)17-11-34-37(13-17)15-26(14-32)6-7-26/h3-5,8,11-13,19,40H,6-7,9-10,15-16H2,1-2H3,(H,36,39). The maximum absolute atomic E-state index is 13.8. The van der Waals surface area contributed by atoms with Crippen molar-refractivity contribution in [3.05, 3.63) is 54.2 Å². The molecule has 3 aromatic rings. The number of anilines is 2. The smallest absolute Gasteiger partial charge is 0.390 e. The van der Waals surface area contributed by atoms with Gasteiger partial charge in [-0.25, -0.2) is 9.97 Å². The number of pyridine rings is 2. The van der Waals surface area contributed by atoms with Gasteiger partial charge in [-0.1, -0.05) is 6.07 Å². The summed E-state index contributed by atoms with van der Waals surface area (Å²) >= 11 is 0. The minimum absolute atomic E-state index is 0.0659. The van der Waals surface area contributed by atoms with Gasteiger partial charge >= 0.3 is 6.18 Å². The SMILES string of the molecule is CC(C)(O)C12CC(C1)N(c1cnc(C(F)(F)F)c(NC(=O)c3cccc(-c4cnn(CC5(C#N)CC5)c4)n3)c1)C2. The van der Waals surface area contributed by atoms with E-state index in [0.29, 0.717) is 30.0 Å². The predicted molar refractivity (Wildman–Crippen MR) is 139 cm³/mol. The van der Waals surface area contributed by atoms with Gasteiger partial charge in [0.25, 0.3) is 5.91 Å². The number of aliphatic hydroxyl groups is 1. The first-order valence-corrected chi connectivity index (χ1v) is 13.1.